The molecule has 11 nitrogen and oxygen atoms in total. The summed E-state index contributed by atoms with van der Waals surface area (Å²) in [6, 6.07) is 6.03. The second-order valence-electron chi connectivity index (χ2n) is 9.93. The van der Waals surface area contributed by atoms with Gasteiger partial charge in [0.05, 0.1) is 27.7 Å². The third-order valence-corrected chi connectivity index (χ3v) is 8.07. The number of hydrogen-bond acceptors (Lipinski definition) is 8. The summed E-state index contributed by atoms with van der Waals surface area (Å²) in [6.07, 6.45) is 8.66. The molecule has 4 aromatic heterocycles. The minimum Gasteiger partial charge on any atom is -0.493 e. The Balaban J connectivity index is 1.33. The highest BCUT2D eigenvalue weighted by molar-refractivity contribution is 7.17. The topological polar surface area (TPSA) is 144 Å². The van der Waals surface area contributed by atoms with Crippen LogP contribution < -0.4 is 21.7 Å². The van der Waals surface area contributed by atoms with Crippen LogP contribution in [0.1, 0.15) is 54.4 Å². The van der Waals surface area contributed by atoms with Crippen molar-refractivity contribution < 1.29 is 9.90 Å². The molecular weight excluding hydrogens is 504 g/mol. The third-order valence-electron chi connectivity index (χ3n) is 6.96. The van der Waals surface area contributed by atoms with E-state index in [0.29, 0.717) is 26.9 Å². The molecule has 1 amide bonds. The van der Waals surface area contributed by atoms with Crippen LogP contribution in [0.3, 0.4) is 0 Å². The van der Waals surface area contributed by atoms with Gasteiger partial charge in [0, 0.05) is 23.9 Å². The van der Waals surface area contributed by atoms with Crippen LogP contribution in [0, 0.1) is 0 Å². The Morgan fingerprint density at radius 1 is 1.32 bits per heavy atom. The second-order valence-corrected chi connectivity index (χ2v) is 11.0. The van der Waals surface area contributed by atoms with Crippen molar-refractivity contribution in [2.75, 3.05) is 19.6 Å². The summed E-state index contributed by atoms with van der Waals surface area (Å²) >= 11 is 1.40. The molecule has 5 heterocycles. The van der Waals surface area contributed by atoms with Gasteiger partial charge < -0.3 is 20.3 Å². The number of amides is 1. The van der Waals surface area contributed by atoms with E-state index in [-0.39, 0.29) is 29.6 Å². The number of aromatic nitrogens is 5. The fourth-order valence-corrected chi connectivity index (χ4v) is 5.60. The molecule has 1 saturated heterocycles. The summed E-state index contributed by atoms with van der Waals surface area (Å²) in [5.41, 5.74) is 1.65. The van der Waals surface area contributed by atoms with Gasteiger partial charge >= 0.3 is 5.69 Å². The maximum absolute atomic E-state index is 13.1. The molecule has 1 aliphatic carbocycles. The summed E-state index contributed by atoms with van der Waals surface area (Å²) in [5, 5.41) is 18.3. The minimum atomic E-state index is -0.501. The van der Waals surface area contributed by atoms with Gasteiger partial charge in [-0.05, 0) is 63.4 Å². The number of hydrogen-bond donors (Lipinski definition) is 4. The maximum Gasteiger partial charge on any atom is 0.326 e. The molecule has 0 bridgehead atoms. The van der Waals surface area contributed by atoms with Crippen LogP contribution in [0.15, 0.2) is 34.2 Å². The molecule has 2 aliphatic rings. The summed E-state index contributed by atoms with van der Waals surface area (Å²) in [5.74, 6) is -0.320. The lowest BCUT2D eigenvalue weighted by Crippen LogP contribution is -2.42. The monoisotopic (exact) mass is 534 g/mol. The zero-order chi connectivity index (χ0) is 26.2. The predicted molar refractivity (Wildman–Crippen MR) is 144 cm³/mol. The SMILES string of the molecule is CCC(CN1CCCC1)NC(=O)c1ccc(-c2cc(=NC3CC3)n3nc/c(=C\c4[nH]c(=O)[nH]c4O)c3n2)s1. The Hall–Kier alpha value is -3.77. The number of carbonyl (C=O) groups is 1. The van der Waals surface area contributed by atoms with Gasteiger partial charge in [-0.1, -0.05) is 6.92 Å². The molecule has 1 saturated carbocycles. The van der Waals surface area contributed by atoms with E-state index >= 15 is 0 Å². The van der Waals surface area contributed by atoms with Gasteiger partial charge in [0.15, 0.2) is 11.1 Å². The first kappa shape index (κ1) is 24.6. The van der Waals surface area contributed by atoms with Gasteiger partial charge in [-0.2, -0.15) is 9.61 Å². The number of nitrogens with one attached hydrogen (secondary N) is 3. The van der Waals surface area contributed by atoms with Crippen LogP contribution in [0.5, 0.6) is 5.88 Å². The van der Waals surface area contributed by atoms with Crippen molar-refractivity contribution in [1.82, 2.24) is 34.8 Å². The molecule has 0 spiro atoms. The fourth-order valence-electron chi connectivity index (χ4n) is 4.73. The number of carbonyl (C=O) groups excluding carboxylic acids is 1. The lowest BCUT2D eigenvalue weighted by atomic mass is 10.2. The molecule has 4 N–H and O–H groups in total. The average Bonchev–Trinajstić information content (AvgIpc) is 3.32. The molecule has 0 radical (unpaired) electrons. The summed E-state index contributed by atoms with van der Waals surface area (Å²) in [7, 11) is 0. The second kappa shape index (κ2) is 10.2. The first-order valence-corrected chi connectivity index (χ1v) is 13.9. The lowest BCUT2D eigenvalue weighted by Gasteiger charge is -2.23. The largest absolute Gasteiger partial charge is 0.493 e. The van der Waals surface area contributed by atoms with Crippen molar-refractivity contribution in [3.63, 3.8) is 0 Å². The van der Waals surface area contributed by atoms with Crippen molar-refractivity contribution >= 4 is 29.0 Å². The van der Waals surface area contributed by atoms with Crippen molar-refractivity contribution in [3.05, 3.63) is 56.2 Å². The molecule has 1 unspecified atom stereocenters. The summed E-state index contributed by atoms with van der Waals surface area (Å²) in [4.78, 5) is 43.1. The van der Waals surface area contributed by atoms with Gasteiger partial charge in [0.1, 0.15) is 5.69 Å². The van der Waals surface area contributed by atoms with Crippen LogP contribution in [-0.2, 0) is 0 Å². The minimum absolute atomic E-state index is 0.0680. The molecule has 1 atom stereocenters. The van der Waals surface area contributed by atoms with Crippen LogP contribution in [-0.4, -0.2) is 72.2 Å². The molecule has 1 aliphatic heterocycles. The summed E-state index contributed by atoms with van der Waals surface area (Å²) < 4.78 is 1.67. The van der Waals surface area contributed by atoms with Crippen molar-refractivity contribution in [3.8, 4) is 16.5 Å². The zero-order valence-corrected chi connectivity index (χ0v) is 21.9. The van der Waals surface area contributed by atoms with Gasteiger partial charge in [-0.3, -0.25) is 14.8 Å². The highest BCUT2D eigenvalue weighted by Crippen LogP contribution is 2.27. The molecule has 38 heavy (non-hydrogen) atoms. The molecular formula is C26H30N8O3S. The van der Waals surface area contributed by atoms with E-state index in [1.165, 1.54) is 24.2 Å². The van der Waals surface area contributed by atoms with E-state index in [2.05, 4.69) is 32.2 Å². The predicted octanol–water partition coefficient (Wildman–Crippen LogP) is 1.39. The Labute approximate surface area is 222 Å². The maximum atomic E-state index is 13.1. The standard InChI is InChI=1S/C26H30N8O3S/c1-2-16(14-33-9-3-4-10-33)29-25(36)21-8-7-20(38-21)18-12-22(28-17-5-6-17)34-23(30-18)15(13-27-34)11-19-24(35)32-26(37)31-19/h7-8,11-13,16-17,35H,2-6,9-10,14H2,1H3,(H,29,36)(H2,31,32,37)/b15-11+,28-22?. The molecule has 0 aromatic carbocycles. The molecule has 4 aromatic rings. The smallest absolute Gasteiger partial charge is 0.326 e. The zero-order valence-electron chi connectivity index (χ0n) is 21.1. The third kappa shape index (κ3) is 5.14. The first-order valence-electron chi connectivity index (χ1n) is 13.1. The van der Waals surface area contributed by atoms with Crippen molar-refractivity contribution in [1.29, 1.82) is 0 Å². The molecule has 198 valence electrons. The number of thiophene rings is 1. The number of H-pyrrole nitrogens is 2. The van der Waals surface area contributed by atoms with Crippen LogP contribution >= 0.6 is 11.3 Å². The quantitative estimate of drug-likeness (QED) is 0.269. The van der Waals surface area contributed by atoms with Crippen LogP contribution in [0.4, 0.5) is 0 Å². The molecule has 12 heteroatoms. The Morgan fingerprint density at radius 2 is 2.13 bits per heavy atom. The van der Waals surface area contributed by atoms with Gasteiger partial charge in [0.2, 0.25) is 5.88 Å². The van der Waals surface area contributed by atoms with E-state index in [0.717, 1.165) is 43.8 Å². The first-order chi connectivity index (χ1) is 18.5. The van der Waals surface area contributed by atoms with Crippen molar-refractivity contribution in [2.24, 2.45) is 4.99 Å². The van der Waals surface area contributed by atoms with E-state index in [1.54, 1.807) is 16.8 Å². The van der Waals surface area contributed by atoms with E-state index in [9.17, 15) is 14.7 Å². The van der Waals surface area contributed by atoms with Gasteiger partial charge in [-0.15, -0.1) is 11.3 Å². The highest BCUT2D eigenvalue weighted by Gasteiger charge is 2.22. The Kier molecular flexibility index (Phi) is 6.58. The normalized spacial score (nSPS) is 18.0. The number of likely N-dealkylation sites (tertiary alicyclic amines) is 1. The number of imidazole rings is 1. The lowest BCUT2D eigenvalue weighted by molar-refractivity contribution is 0.0930. The summed E-state index contributed by atoms with van der Waals surface area (Å²) in [6.45, 7) is 5.19. The molecule has 2 fully saturated rings. The van der Waals surface area contributed by atoms with Crippen molar-refractivity contribution in [2.45, 2.75) is 51.1 Å². The van der Waals surface area contributed by atoms with Gasteiger partial charge in [0.25, 0.3) is 5.91 Å². The van der Waals surface area contributed by atoms with Gasteiger partial charge in [-0.25, -0.2) is 9.78 Å². The van der Waals surface area contributed by atoms with Crippen LogP contribution in [0.25, 0.3) is 22.3 Å². The number of nitrogens with zero attached hydrogens (tertiary/aromatic N) is 5. The van der Waals surface area contributed by atoms with E-state index in [4.69, 9.17) is 9.98 Å². The Morgan fingerprint density at radius 3 is 2.84 bits per heavy atom. The highest BCUT2D eigenvalue weighted by atomic mass is 32.1. The number of aromatic amines is 2. The number of aromatic hydroxyl groups is 1. The fraction of sp³-hybridized carbons (Fsp3) is 0.423. The number of fused-ring (bicyclic) bond motifs is 1. The van der Waals surface area contributed by atoms with Crippen LogP contribution in [0.2, 0.25) is 0 Å². The number of rotatable bonds is 8. The Bertz CT molecular complexity index is 1660. The van der Waals surface area contributed by atoms with E-state index < -0.39 is 5.69 Å². The van der Waals surface area contributed by atoms with E-state index in [1.807, 2.05) is 18.2 Å². The average molecular weight is 535 g/mol. The molecule has 6 rings (SSSR count).